The van der Waals surface area contributed by atoms with Gasteiger partial charge < -0.3 is 10.6 Å². The number of aromatic nitrogens is 4. The van der Waals surface area contributed by atoms with Crippen molar-refractivity contribution in [3.05, 3.63) is 65.7 Å². The van der Waals surface area contributed by atoms with E-state index < -0.39 is 0 Å². The second-order valence-electron chi connectivity index (χ2n) is 7.50. The van der Waals surface area contributed by atoms with Gasteiger partial charge in [-0.05, 0) is 68.6 Å². The zero-order chi connectivity index (χ0) is 20.2. The van der Waals surface area contributed by atoms with E-state index in [2.05, 4.69) is 38.1 Å². The molecule has 1 saturated heterocycles. The molecule has 0 radical (unpaired) electrons. The fourth-order valence-electron chi connectivity index (χ4n) is 3.81. The van der Waals surface area contributed by atoms with Gasteiger partial charge in [-0.2, -0.15) is 0 Å². The van der Waals surface area contributed by atoms with Gasteiger partial charge in [0, 0.05) is 12.4 Å². The minimum atomic E-state index is -0.187. The summed E-state index contributed by atoms with van der Waals surface area (Å²) < 4.78 is 1.91. The van der Waals surface area contributed by atoms with Crippen LogP contribution in [-0.4, -0.2) is 39.0 Å². The summed E-state index contributed by atoms with van der Waals surface area (Å²) >= 11 is 0. The summed E-state index contributed by atoms with van der Waals surface area (Å²) in [6.07, 6.45) is 5.58. The largest absolute Gasteiger partial charge is 0.344 e. The molecule has 1 fully saturated rings. The molecule has 150 valence electrons. The van der Waals surface area contributed by atoms with Crippen molar-refractivity contribution in [3.63, 3.8) is 0 Å². The molecule has 2 aromatic heterocycles. The summed E-state index contributed by atoms with van der Waals surface area (Å²) in [5.74, 6) is -0.187. The molecular formula is C22H26N6O. The molecule has 0 aliphatic carbocycles. The lowest BCUT2D eigenvalue weighted by atomic mass is 10.0. The molecule has 1 atom stereocenters. The summed E-state index contributed by atoms with van der Waals surface area (Å²) in [5.41, 5.74) is 4.52. The van der Waals surface area contributed by atoms with Crippen LogP contribution in [0.25, 0.3) is 11.1 Å². The molecule has 1 amide bonds. The molecule has 7 nitrogen and oxygen atoms in total. The van der Waals surface area contributed by atoms with Gasteiger partial charge in [-0.1, -0.05) is 29.5 Å². The standard InChI is InChI=1S/C22H26N6O/c1-15(17-3-5-18(6-4-17)19-7-11-23-12-8-19)25-22(29)21-16(2)28(27-26-21)20-9-13-24-14-10-20/h3-8,11-12,15,20,24H,9-10,13-14H2,1-2H3,(H,25,29). The van der Waals surface area contributed by atoms with Crippen molar-refractivity contribution in [2.75, 3.05) is 13.1 Å². The molecule has 29 heavy (non-hydrogen) atoms. The molecule has 7 heteroatoms. The highest BCUT2D eigenvalue weighted by Gasteiger charge is 2.23. The third-order valence-corrected chi connectivity index (χ3v) is 5.57. The Labute approximate surface area is 170 Å². The number of benzene rings is 1. The van der Waals surface area contributed by atoms with Crippen LogP contribution in [0.5, 0.6) is 0 Å². The van der Waals surface area contributed by atoms with Crippen LogP contribution in [-0.2, 0) is 0 Å². The lowest BCUT2D eigenvalue weighted by Gasteiger charge is -2.23. The summed E-state index contributed by atoms with van der Waals surface area (Å²) in [6, 6.07) is 12.3. The number of amides is 1. The second-order valence-corrected chi connectivity index (χ2v) is 7.50. The molecular weight excluding hydrogens is 364 g/mol. The number of rotatable bonds is 5. The molecule has 1 aliphatic heterocycles. The maximum atomic E-state index is 12.8. The number of piperidine rings is 1. The molecule has 3 heterocycles. The number of carbonyl (C=O) groups is 1. The quantitative estimate of drug-likeness (QED) is 0.699. The number of hydrogen-bond acceptors (Lipinski definition) is 5. The Hall–Kier alpha value is -3.06. The average molecular weight is 390 g/mol. The van der Waals surface area contributed by atoms with Gasteiger partial charge in [0.2, 0.25) is 0 Å². The lowest BCUT2D eigenvalue weighted by molar-refractivity contribution is 0.0934. The Morgan fingerprint density at radius 1 is 1.10 bits per heavy atom. The van der Waals surface area contributed by atoms with E-state index in [0.29, 0.717) is 11.7 Å². The summed E-state index contributed by atoms with van der Waals surface area (Å²) in [5, 5.41) is 14.8. The maximum absolute atomic E-state index is 12.8. The van der Waals surface area contributed by atoms with Crippen molar-refractivity contribution in [1.82, 2.24) is 30.6 Å². The van der Waals surface area contributed by atoms with E-state index in [1.54, 1.807) is 12.4 Å². The molecule has 0 bridgehead atoms. The number of nitrogens with one attached hydrogen (secondary N) is 2. The minimum Gasteiger partial charge on any atom is -0.344 e. The molecule has 0 saturated carbocycles. The monoisotopic (exact) mass is 390 g/mol. The smallest absolute Gasteiger partial charge is 0.274 e. The van der Waals surface area contributed by atoms with Crippen molar-refractivity contribution in [3.8, 4) is 11.1 Å². The fraction of sp³-hybridized carbons (Fsp3) is 0.364. The first-order valence-corrected chi connectivity index (χ1v) is 10.1. The van der Waals surface area contributed by atoms with E-state index in [-0.39, 0.29) is 11.9 Å². The van der Waals surface area contributed by atoms with Crippen LogP contribution in [0.2, 0.25) is 0 Å². The third kappa shape index (κ3) is 4.19. The topological polar surface area (TPSA) is 84.7 Å². The Kier molecular flexibility index (Phi) is 5.67. The predicted octanol–water partition coefficient (Wildman–Crippen LogP) is 3.06. The second kappa shape index (κ2) is 8.53. The number of nitrogens with zero attached hydrogens (tertiary/aromatic N) is 4. The van der Waals surface area contributed by atoms with E-state index >= 15 is 0 Å². The first-order valence-electron chi connectivity index (χ1n) is 10.1. The maximum Gasteiger partial charge on any atom is 0.274 e. The van der Waals surface area contributed by atoms with Gasteiger partial charge in [0.05, 0.1) is 17.8 Å². The normalized spacial score (nSPS) is 15.8. The van der Waals surface area contributed by atoms with E-state index in [1.165, 1.54) is 0 Å². The number of hydrogen-bond donors (Lipinski definition) is 2. The first-order chi connectivity index (χ1) is 14.1. The van der Waals surface area contributed by atoms with E-state index in [9.17, 15) is 4.79 Å². The van der Waals surface area contributed by atoms with E-state index in [0.717, 1.165) is 48.3 Å². The van der Waals surface area contributed by atoms with Crippen molar-refractivity contribution >= 4 is 5.91 Å². The van der Waals surface area contributed by atoms with Crippen molar-refractivity contribution in [2.45, 2.75) is 38.8 Å². The minimum absolute atomic E-state index is 0.127. The fourth-order valence-corrected chi connectivity index (χ4v) is 3.81. The van der Waals surface area contributed by atoms with Crippen molar-refractivity contribution < 1.29 is 4.79 Å². The van der Waals surface area contributed by atoms with Gasteiger partial charge in [-0.15, -0.1) is 5.10 Å². The average Bonchev–Trinajstić information content (AvgIpc) is 3.16. The summed E-state index contributed by atoms with van der Waals surface area (Å²) in [7, 11) is 0. The first kappa shape index (κ1) is 19.3. The third-order valence-electron chi connectivity index (χ3n) is 5.57. The molecule has 1 aliphatic rings. The predicted molar refractivity (Wildman–Crippen MR) is 111 cm³/mol. The highest BCUT2D eigenvalue weighted by Crippen LogP contribution is 2.23. The van der Waals surface area contributed by atoms with Gasteiger partial charge in [0.15, 0.2) is 5.69 Å². The summed E-state index contributed by atoms with van der Waals surface area (Å²) in [6.45, 7) is 5.84. The number of pyridine rings is 1. The zero-order valence-corrected chi connectivity index (χ0v) is 16.8. The van der Waals surface area contributed by atoms with E-state index in [4.69, 9.17) is 0 Å². The van der Waals surface area contributed by atoms with Gasteiger partial charge in [0.25, 0.3) is 5.91 Å². The highest BCUT2D eigenvalue weighted by atomic mass is 16.2. The zero-order valence-electron chi connectivity index (χ0n) is 16.8. The molecule has 1 unspecified atom stereocenters. The number of carbonyl (C=O) groups excluding carboxylic acids is 1. The van der Waals surface area contributed by atoms with Gasteiger partial charge in [-0.25, -0.2) is 4.68 Å². The van der Waals surface area contributed by atoms with Crippen LogP contribution >= 0.6 is 0 Å². The molecule has 3 aromatic rings. The SMILES string of the molecule is Cc1c(C(=O)NC(C)c2ccc(-c3ccncc3)cc2)nnn1C1CCNCC1. The van der Waals surface area contributed by atoms with Crippen LogP contribution in [0.4, 0.5) is 0 Å². The van der Waals surface area contributed by atoms with Crippen molar-refractivity contribution in [2.24, 2.45) is 0 Å². The lowest BCUT2D eigenvalue weighted by Crippen LogP contribution is -2.31. The molecule has 0 spiro atoms. The Balaban J connectivity index is 1.44. The van der Waals surface area contributed by atoms with Gasteiger partial charge in [-0.3, -0.25) is 9.78 Å². The van der Waals surface area contributed by atoms with Gasteiger partial charge in [0.1, 0.15) is 0 Å². The van der Waals surface area contributed by atoms with Crippen LogP contribution in [0.3, 0.4) is 0 Å². The Bertz CT molecular complexity index is 961. The van der Waals surface area contributed by atoms with Crippen LogP contribution in [0.1, 0.15) is 53.6 Å². The van der Waals surface area contributed by atoms with Crippen LogP contribution in [0, 0.1) is 6.92 Å². The van der Waals surface area contributed by atoms with Crippen LogP contribution < -0.4 is 10.6 Å². The molecule has 4 rings (SSSR count). The van der Waals surface area contributed by atoms with E-state index in [1.807, 2.05) is 42.8 Å². The highest BCUT2D eigenvalue weighted by molar-refractivity contribution is 5.93. The molecule has 1 aromatic carbocycles. The van der Waals surface area contributed by atoms with Crippen molar-refractivity contribution in [1.29, 1.82) is 0 Å². The Morgan fingerprint density at radius 3 is 2.45 bits per heavy atom. The Morgan fingerprint density at radius 2 is 1.76 bits per heavy atom. The summed E-state index contributed by atoms with van der Waals surface area (Å²) in [4.78, 5) is 16.8. The van der Waals surface area contributed by atoms with Crippen LogP contribution in [0.15, 0.2) is 48.8 Å². The molecule has 2 N–H and O–H groups in total. The van der Waals surface area contributed by atoms with Gasteiger partial charge >= 0.3 is 0 Å².